The van der Waals surface area contributed by atoms with Gasteiger partial charge in [-0.25, -0.2) is 0 Å². The van der Waals surface area contributed by atoms with Crippen molar-refractivity contribution in [2.45, 2.75) is 101 Å². The molecule has 0 aliphatic carbocycles. The fourth-order valence-electron chi connectivity index (χ4n) is 4.74. The zero-order valence-electron chi connectivity index (χ0n) is 24.4. The van der Waals surface area contributed by atoms with Gasteiger partial charge in [0, 0.05) is 10.7 Å². The van der Waals surface area contributed by atoms with Crippen LogP contribution in [0.25, 0.3) is 0 Å². The molecule has 0 amide bonds. The second kappa shape index (κ2) is 19.4. The highest BCUT2D eigenvalue weighted by Crippen LogP contribution is 2.50. The third-order valence-electron chi connectivity index (χ3n) is 6.97. The van der Waals surface area contributed by atoms with Crippen molar-refractivity contribution in [3.63, 3.8) is 0 Å². The first-order valence-corrected chi connectivity index (χ1v) is 18.8. The van der Waals surface area contributed by atoms with Gasteiger partial charge in [-0.05, 0) is 65.9 Å². The first-order chi connectivity index (χ1) is 20.0. The highest BCUT2D eigenvalue weighted by molar-refractivity contribution is 9.08. The minimum absolute atomic E-state index is 0.426. The van der Waals surface area contributed by atoms with E-state index in [1.54, 1.807) is 18.2 Å². The van der Waals surface area contributed by atoms with E-state index in [-0.39, 0.29) is 0 Å². The van der Waals surface area contributed by atoms with Crippen LogP contribution in [0, 0.1) is 0 Å². The quantitative estimate of drug-likeness (QED) is 0.0628. The zero-order valence-corrected chi connectivity index (χ0v) is 28.4. The maximum absolute atomic E-state index is 14.0. The van der Waals surface area contributed by atoms with E-state index in [1.807, 2.05) is 48.5 Å². The third kappa shape index (κ3) is 13.4. The fourth-order valence-corrected chi connectivity index (χ4v) is 6.67. The number of alkyl halides is 2. The number of hydrogen-bond acceptors (Lipinski definition) is 4. The largest absolute Gasteiger partial charge is 0.647 e. The van der Waals surface area contributed by atoms with E-state index in [2.05, 4.69) is 44.8 Å². The maximum atomic E-state index is 14.0. The van der Waals surface area contributed by atoms with Crippen molar-refractivity contribution in [2.24, 2.45) is 0 Å². The highest BCUT2D eigenvalue weighted by Gasteiger charge is 2.33. The second-order valence-electron chi connectivity index (χ2n) is 10.6. The Hall–Kier alpha value is -1.75. The van der Waals surface area contributed by atoms with Crippen molar-refractivity contribution in [3.05, 3.63) is 89.5 Å². The van der Waals surface area contributed by atoms with Crippen molar-refractivity contribution >= 4 is 39.7 Å². The van der Waals surface area contributed by atoms with E-state index in [1.165, 1.54) is 70.6 Å². The molecule has 0 aliphatic heterocycles. The Balaban J connectivity index is 1.53. The van der Waals surface area contributed by atoms with Gasteiger partial charge in [0.1, 0.15) is 17.2 Å². The van der Waals surface area contributed by atoms with E-state index in [4.69, 9.17) is 13.6 Å². The van der Waals surface area contributed by atoms with Crippen LogP contribution in [-0.2, 0) is 21.6 Å². The van der Waals surface area contributed by atoms with Crippen LogP contribution in [0.3, 0.4) is 0 Å². The zero-order chi connectivity index (χ0) is 29.2. The van der Waals surface area contributed by atoms with Gasteiger partial charge in [-0.15, -0.1) is 0 Å². The maximum Gasteiger partial charge on any atom is 0.647 e. The number of phosphoric ester groups is 1. The number of benzene rings is 3. The van der Waals surface area contributed by atoms with Crippen LogP contribution in [0.5, 0.6) is 17.2 Å². The summed E-state index contributed by atoms with van der Waals surface area (Å²) in [5.41, 5.74) is 3.16. The summed E-state index contributed by atoms with van der Waals surface area (Å²) in [6.07, 6.45) is 16.9. The van der Waals surface area contributed by atoms with Crippen LogP contribution >= 0.6 is 39.7 Å². The lowest BCUT2D eigenvalue weighted by Crippen LogP contribution is -2.08. The first-order valence-electron chi connectivity index (χ1n) is 15.1. The van der Waals surface area contributed by atoms with Gasteiger partial charge in [0.2, 0.25) is 0 Å². The van der Waals surface area contributed by atoms with Crippen LogP contribution in [-0.4, -0.2) is 0 Å². The van der Waals surface area contributed by atoms with E-state index < -0.39 is 7.82 Å². The number of rotatable bonds is 21. The molecule has 3 rings (SSSR count). The summed E-state index contributed by atoms with van der Waals surface area (Å²) in [6.45, 7) is 2.27. The summed E-state index contributed by atoms with van der Waals surface area (Å²) in [4.78, 5) is 0. The molecule has 0 radical (unpaired) electrons. The molecule has 0 atom stereocenters. The molecule has 0 bridgehead atoms. The van der Waals surface area contributed by atoms with Gasteiger partial charge < -0.3 is 13.6 Å². The van der Waals surface area contributed by atoms with Gasteiger partial charge in [0.15, 0.2) is 0 Å². The molecule has 0 unspecified atom stereocenters. The molecule has 7 heteroatoms. The van der Waals surface area contributed by atoms with Crippen molar-refractivity contribution in [2.75, 3.05) is 0 Å². The molecule has 0 N–H and O–H groups in total. The predicted octanol–water partition coefficient (Wildman–Crippen LogP) is 12.4. The van der Waals surface area contributed by atoms with E-state index in [0.717, 1.165) is 29.5 Å². The number of unbranched alkanes of at least 4 members (excludes halogenated alkanes) is 11. The minimum Gasteiger partial charge on any atom is -0.386 e. The van der Waals surface area contributed by atoms with Crippen LogP contribution in [0.15, 0.2) is 72.8 Å². The molecular formula is C34H45Br2O4P. The second-order valence-corrected chi connectivity index (χ2v) is 13.1. The van der Waals surface area contributed by atoms with Gasteiger partial charge in [-0.3, -0.25) is 0 Å². The van der Waals surface area contributed by atoms with Gasteiger partial charge in [-0.1, -0.05) is 146 Å². The van der Waals surface area contributed by atoms with Crippen molar-refractivity contribution in [1.29, 1.82) is 0 Å². The highest BCUT2D eigenvalue weighted by atomic mass is 79.9. The molecule has 0 fully saturated rings. The minimum atomic E-state index is -4.05. The molecule has 0 saturated heterocycles. The Bertz CT molecular complexity index is 1150. The average Bonchev–Trinajstić information content (AvgIpc) is 2.98. The molecular weight excluding hydrogens is 663 g/mol. The smallest absolute Gasteiger partial charge is 0.386 e. The van der Waals surface area contributed by atoms with Crippen LogP contribution in [0.2, 0.25) is 0 Å². The summed E-state index contributed by atoms with van der Waals surface area (Å²) < 4.78 is 31.9. The molecule has 0 aliphatic rings. The molecule has 3 aromatic carbocycles. The summed E-state index contributed by atoms with van der Waals surface area (Å²) in [5, 5.41) is 1.31. The van der Waals surface area contributed by atoms with Crippen LogP contribution in [0.1, 0.15) is 101 Å². The summed E-state index contributed by atoms with van der Waals surface area (Å²) >= 11 is 6.93. The molecule has 0 heterocycles. The van der Waals surface area contributed by atoms with Gasteiger partial charge in [0.05, 0.1) is 0 Å². The average molecular weight is 709 g/mol. The molecule has 41 heavy (non-hydrogen) atoms. The molecule has 224 valence electrons. The molecule has 0 aromatic heterocycles. The Kier molecular flexibility index (Phi) is 16.0. The first kappa shape index (κ1) is 33.7. The number of phosphoric acid groups is 1. The standard InChI is InChI=1S/C34H45Br2O4P/c1-2-3-4-5-6-7-8-9-10-11-12-13-17-29-18-14-21-32(24-29)38-41(37,39-33-22-15-19-30(25-33)27-35)40-34-23-16-20-31(26-34)28-36/h14-16,18-26H,2-13,17,27-28H2,1H3. The normalized spacial score (nSPS) is 11.4. The molecule has 0 spiro atoms. The van der Waals surface area contributed by atoms with Gasteiger partial charge in [0.25, 0.3) is 0 Å². The number of halogens is 2. The van der Waals surface area contributed by atoms with Gasteiger partial charge >= 0.3 is 7.82 Å². The number of aryl methyl sites for hydroxylation is 1. The fraction of sp³-hybridized carbons (Fsp3) is 0.471. The van der Waals surface area contributed by atoms with Crippen LogP contribution in [0.4, 0.5) is 0 Å². The van der Waals surface area contributed by atoms with Crippen molar-refractivity contribution < 1.29 is 18.1 Å². The lowest BCUT2D eigenvalue weighted by molar-refractivity contribution is 0.298. The summed E-state index contributed by atoms with van der Waals surface area (Å²) in [5.74, 6) is 1.32. The van der Waals surface area contributed by atoms with Crippen molar-refractivity contribution in [3.8, 4) is 17.2 Å². The van der Waals surface area contributed by atoms with E-state index in [9.17, 15) is 4.57 Å². The summed E-state index contributed by atoms with van der Waals surface area (Å²) in [6, 6.07) is 22.6. The summed E-state index contributed by atoms with van der Waals surface area (Å²) in [7, 11) is -4.05. The number of hydrogen-bond donors (Lipinski definition) is 0. The molecule has 0 saturated carbocycles. The molecule has 4 nitrogen and oxygen atoms in total. The SMILES string of the molecule is CCCCCCCCCCCCCCc1cccc(OP(=O)(Oc2cccc(CBr)c2)Oc2cccc(CBr)c2)c1. The predicted molar refractivity (Wildman–Crippen MR) is 179 cm³/mol. The Morgan fingerprint density at radius 1 is 0.537 bits per heavy atom. The van der Waals surface area contributed by atoms with Gasteiger partial charge in [-0.2, -0.15) is 4.57 Å². The van der Waals surface area contributed by atoms with E-state index >= 15 is 0 Å². The Morgan fingerprint density at radius 2 is 0.902 bits per heavy atom. The Morgan fingerprint density at radius 3 is 1.32 bits per heavy atom. The topological polar surface area (TPSA) is 44.8 Å². The van der Waals surface area contributed by atoms with Crippen LogP contribution < -0.4 is 13.6 Å². The lowest BCUT2D eigenvalue weighted by atomic mass is 10.0. The molecule has 3 aromatic rings. The monoisotopic (exact) mass is 706 g/mol. The third-order valence-corrected chi connectivity index (χ3v) is 9.57. The Labute approximate surface area is 264 Å². The van der Waals surface area contributed by atoms with E-state index in [0.29, 0.717) is 27.9 Å². The lowest BCUT2D eigenvalue weighted by Gasteiger charge is -2.20. The van der Waals surface area contributed by atoms with Crippen molar-refractivity contribution in [1.82, 2.24) is 0 Å².